The number of thioether (sulfide) groups is 1. The van der Waals surface area contributed by atoms with E-state index in [1.807, 2.05) is 30.5 Å². The first-order valence-electron chi connectivity index (χ1n) is 11.3. The van der Waals surface area contributed by atoms with Crippen molar-refractivity contribution < 1.29 is 34.5 Å². The second-order valence-electron chi connectivity index (χ2n) is 8.32. The topological polar surface area (TPSA) is 207 Å². The molecule has 5 atom stereocenters. The minimum Gasteiger partial charge on any atom is -0.480 e. The van der Waals surface area contributed by atoms with Gasteiger partial charge in [0.1, 0.15) is 24.2 Å². The smallest absolute Gasteiger partial charge is 0.326 e. The van der Waals surface area contributed by atoms with Crippen molar-refractivity contribution >= 4 is 46.4 Å². The summed E-state index contributed by atoms with van der Waals surface area (Å²) < 4.78 is 0. The highest BCUT2D eigenvalue weighted by Gasteiger charge is 2.32. The zero-order valence-corrected chi connectivity index (χ0v) is 20.9. The maximum Gasteiger partial charge on any atom is 0.326 e. The molecule has 12 nitrogen and oxygen atoms in total. The van der Waals surface area contributed by atoms with E-state index in [1.165, 1.54) is 18.7 Å². The number of fused-ring (bicyclic) bond motifs is 1. The van der Waals surface area contributed by atoms with Crippen LogP contribution in [0, 0.1) is 0 Å². The van der Waals surface area contributed by atoms with Gasteiger partial charge in [-0.3, -0.25) is 14.4 Å². The van der Waals surface area contributed by atoms with Gasteiger partial charge in [0.05, 0.1) is 12.7 Å². The van der Waals surface area contributed by atoms with Crippen molar-refractivity contribution in [2.24, 2.45) is 5.73 Å². The molecule has 0 saturated heterocycles. The van der Waals surface area contributed by atoms with E-state index in [9.17, 15) is 29.4 Å². The number of carboxylic acids is 1. The molecule has 36 heavy (non-hydrogen) atoms. The number of aliphatic hydroxyl groups is 2. The summed E-state index contributed by atoms with van der Waals surface area (Å²) in [6, 6.07) is 2.24. The van der Waals surface area contributed by atoms with E-state index in [0.717, 1.165) is 10.9 Å². The quantitative estimate of drug-likeness (QED) is 0.148. The Balaban J connectivity index is 2.16. The van der Waals surface area contributed by atoms with Crippen LogP contribution in [0.2, 0.25) is 0 Å². The second kappa shape index (κ2) is 13.8. The van der Waals surface area contributed by atoms with Crippen molar-refractivity contribution in [1.29, 1.82) is 0 Å². The fourth-order valence-corrected chi connectivity index (χ4v) is 3.98. The number of aromatic nitrogens is 1. The molecule has 3 amide bonds. The van der Waals surface area contributed by atoms with Gasteiger partial charge in [-0.05, 0) is 37.0 Å². The maximum absolute atomic E-state index is 13.1. The molecule has 1 aromatic heterocycles. The number of aliphatic carboxylic acids is 1. The van der Waals surface area contributed by atoms with E-state index in [2.05, 4.69) is 20.9 Å². The molecule has 1 aromatic carbocycles. The van der Waals surface area contributed by atoms with Crippen LogP contribution >= 0.6 is 11.8 Å². The molecule has 13 heteroatoms. The Morgan fingerprint density at radius 1 is 1.06 bits per heavy atom. The normalized spacial score (nSPS) is 15.4. The fourth-order valence-electron chi connectivity index (χ4n) is 3.51. The molecule has 1 heterocycles. The Kier molecular flexibility index (Phi) is 11.2. The summed E-state index contributed by atoms with van der Waals surface area (Å²) in [4.78, 5) is 52.9. The highest BCUT2D eigenvalue weighted by molar-refractivity contribution is 7.98. The highest BCUT2D eigenvalue weighted by atomic mass is 32.2. The van der Waals surface area contributed by atoms with E-state index >= 15 is 0 Å². The van der Waals surface area contributed by atoms with Crippen molar-refractivity contribution in [2.45, 2.75) is 50.0 Å². The molecule has 0 aliphatic rings. The number of aromatic amines is 1. The molecule has 2 aromatic rings. The molecule has 0 saturated carbocycles. The van der Waals surface area contributed by atoms with Crippen LogP contribution in [0.4, 0.5) is 0 Å². The van der Waals surface area contributed by atoms with E-state index in [1.54, 1.807) is 6.20 Å². The molecule has 0 radical (unpaired) electrons. The standard InChI is InChI=1S/C23H33N5O7S/c1-12(30)19(28-20(31)15(24)11-29)22(33)26-17(7-8-36-2)21(32)27-18(23(34)35)9-13-10-25-16-6-4-3-5-14(13)16/h3-6,10,12,15,17-19,25,29-30H,7-9,11,24H2,1-2H3,(H,26,33)(H,27,32)(H,28,31)(H,34,35). The van der Waals surface area contributed by atoms with Gasteiger partial charge in [-0.1, -0.05) is 18.2 Å². The summed E-state index contributed by atoms with van der Waals surface area (Å²) in [5.41, 5.74) is 7.00. The molecule has 0 spiro atoms. The summed E-state index contributed by atoms with van der Waals surface area (Å²) >= 11 is 1.42. The van der Waals surface area contributed by atoms with Crippen LogP contribution in [0.1, 0.15) is 18.9 Å². The molecule has 0 fully saturated rings. The predicted molar refractivity (Wildman–Crippen MR) is 135 cm³/mol. The number of nitrogens with two attached hydrogens (primary N) is 1. The van der Waals surface area contributed by atoms with Crippen molar-refractivity contribution in [3.63, 3.8) is 0 Å². The number of benzene rings is 1. The average Bonchev–Trinajstić information content (AvgIpc) is 3.26. The van der Waals surface area contributed by atoms with E-state index in [0.29, 0.717) is 11.3 Å². The van der Waals surface area contributed by atoms with Crippen molar-refractivity contribution in [3.05, 3.63) is 36.0 Å². The van der Waals surface area contributed by atoms with Crippen molar-refractivity contribution in [2.75, 3.05) is 18.6 Å². The Morgan fingerprint density at radius 3 is 2.33 bits per heavy atom. The van der Waals surface area contributed by atoms with Gasteiger partial charge in [0.25, 0.3) is 0 Å². The summed E-state index contributed by atoms with van der Waals surface area (Å²) in [6.45, 7) is 0.610. The Hall–Kier alpha value is -3.13. The number of H-pyrrole nitrogens is 1. The molecule has 5 unspecified atom stereocenters. The number of carboxylic acid groups (broad SMARTS) is 1. The van der Waals surface area contributed by atoms with E-state index in [-0.39, 0.29) is 12.8 Å². The SMILES string of the molecule is CSCCC(NC(=O)C(NC(=O)C(N)CO)C(C)O)C(=O)NC(Cc1c[nH]c2ccccc12)C(=O)O. The lowest BCUT2D eigenvalue weighted by molar-refractivity contribution is -0.142. The van der Waals surface area contributed by atoms with Gasteiger partial charge in [0, 0.05) is 23.5 Å². The number of nitrogens with one attached hydrogen (secondary N) is 4. The van der Waals surface area contributed by atoms with Crippen LogP contribution in [0.25, 0.3) is 10.9 Å². The summed E-state index contributed by atoms with van der Waals surface area (Å²) in [7, 11) is 0. The number of rotatable bonds is 14. The van der Waals surface area contributed by atoms with Gasteiger partial charge in [0.2, 0.25) is 17.7 Å². The summed E-state index contributed by atoms with van der Waals surface area (Å²) in [5.74, 6) is -3.19. The third-order valence-electron chi connectivity index (χ3n) is 5.55. The molecule has 9 N–H and O–H groups in total. The summed E-state index contributed by atoms with van der Waals surface area (Å²) in [6.07, 6.45) is 2.35. The first kappa shape index (κ1) is 29.1. The van der Waals surface area contributed by atoms with Crippen LogP contribution in [-0.2, 0) is 25.6 Å². The lowest BCUT2D eigenvalue weighted by Gasteiger charge is -2.26. The fraction of sp³-hybridized carbons (Fsp3) is 0.478. The second-order valence-corrected chi connectivity index (χ2v) is 9.31. The van der Waals surface area contributed by atoms with Gasteiger partial charge in [-0.25, -0.2) is 4.79 Å². The molecular formula is C23H33N5O7S. The molecule has 0 aliphatic heterocycles. The van der Waals surface area contributed by atoms with Crippen LogP contribution in [0.15, 0.2) is 30.5 Å². The molecule has 0 bridgehead atoms. The third-order valence-corrected chi connectivity index (χ3v) is 6.20. The van der Waals surface area contributed by atoms with Crippen LogP contribution in [0.3, 0.4) is 0 Å². The summed E-state index contributed by atoms with van der Waals surface area (Å²) in [5, 5.41) is 36.8. The Labute approximate surface area is 212 Å². The maximum atomic E-state index is 13.1. The molecule has 198 valence electrons. The van der Waals surface area contributed by atoms with Crippen molar-refractivity contribution in [1.82, 2.24) is 20.9 Å². The molecule has 0 aliphatic carbocycles. The van der Waals surface area contributed by atoms with Gasteiger partial charge >= 0.3 is 5.97 Å². The Bertz CT molecular complexity index is 1060. The van der Waals surface area contributed by atoms with Crippen LogP contribution < -0.4 is 21.7 Å². The van der Waals surface area contributed by atoms with Gasteiger partial charge in [-0.2, -0.15) is 11.8 Å². The van der Waals surface area contributed by atoms with E-state index in [4.69, 9.17) is 10.8 Å². The highest BCUT2D eigenvalue weighted by Crippen LogP contribution is 2.19. The Morgan fingerprint density at radius 2 is 1.72 bits per heavy atom. The number of carbonyl (C=O) groups excluding carboxylic acids is 3. The number of carbonyl (C=O) groups is 4. The minimum atomic E-state index is -1.44. The number of hydrogen-bond acceptors (Lipinski definition) is 8. The van der Waals surface area contributed by atoms with Gasteiger partial charge < -0.3 is 42.0 Å². The van der Waals surface area contributed by atoms with E-state index < -0.39 is 60.6 Å². The zero-order chi connectivity index (χ0) is 26.8. The molecular weight excluding hydrogens is 490 g/mol. The number of hydrogen-bond donors (Lipinski definition) is 8. The van der Waals surface area contributed by atoms with Gasteiger partial charge in [0.15, 0.2) is 0 Å². The average molecular weight is 524 g/mol. The zero-order valence-electron chi connectivity index (χ0n) is 20.1. The van der Waals surface area contributed by atoms with Gasteiger partial charge in [-0.15, -0.1) is 0 Å². The van der Waals surface area contributed by atoms with Crippen LogP contribution in [-0.4, -0.2) is 92.9 Å². The first-order valence-corrected chi connectivity index (χ1v) is 12.7. The lowest BCUT2D eigenvalue weighted by Crippen LogP contribution is -2.60. The lowest BCUT2D eigenvalue weighted by atomic mass is 10.0. The first-order chi connectivity index (χ1) is 17.1. The molecule has 2 rings (SSSR count). The number of para-hydroxylation sites is 1. The van der Waals surface area contributed by atoms with Crippen molar-refractivity contribution in [3.8, 4) is 0 Å². The predicted octanol–water partition coefficient (Wildman–Crippen LogP) is -1.30. The minimum absolute atomic E-state index is 0.0136. The third kappa shape index (κ3) is 7.95. The van der Waals surface area contributed by atoms with Crippen LogP contribution in [0.5, 0.6) is 0 Å². The monoisotopic (exact) mass is 523 g/mol. The number of aliphatic hydroxyl groups excluding tert-OH is 2. The number of amides is 3. The largest absolute Gasteiger partial charge is 0.480 e.